The number of hydrogen-bond donors (Lipinski definition) is 2. The zero-order chi connectivity index (χ0) is 16.8. The summed E-state index contributed by atoms with van der Waals surface area (Å²) in [7, 11) is 0. The van der Waals surface area contributed by atoms with Crippen molar-refractivity contribution in [3.63, 3.8) is 0 Å². The van der Waals surface area contributed by atoms with Gasteiger partial charge < -0.3 is 15.2 Å². The summed E-state index contributed by atoms with van der Waals surface area (Å²) >= 11 is 12.8. The number of benzene rings is 1. The number of amides is 1. The Bertz CT molecular complexity index is 721. The average Bonchev–Trinajstić information content (AvgIpc) is 2.94. The molecule has 0 saturated carbocycles. The maximum atomic E-state index is 11.7. The Balaban J connectivity index is 1.73. The molecule has 9 heteroatoms. The molecular formula is C14H12Cl2N2O4S. The van der Waals surface area contributed by atoms with E-state index in [0.717, 1.165) is 11.3 Å². The minimum atomic E-state index is -1.13. The Labute approximate surface area is 146 Å². The summed E-state index contributed by atoms with van der Waals surface area (Å²) in [6.45, 7) is 0.313. The molecule has 1 heterocycles. The van der Waals surface area contributed by atoms with Crippen LogP contribution in [0.4, 0.5) is 5.13 Å². The SMILES string of the molecule is O=C(CCCOc1ccc(Cl)cc1Cl)Nc1nc(C(=O)O)cs1. The fraction of sp³-hybridized carbons (Fsp3) is 0.214. The maximum absolute atomic E-state index is 11.7. The number of nitrogens with one attached hydrogen (secondary N) is 1. The van der Waals surface area contributed by atoms with Crippen LogP contribution in [0.2, 0.25) is 10.0 Å². The lowest BCUT2D eigenvalue weighted by molar-refractivity contribution is -0.116. The Morgan fingerprint density at radius 1 is 1.35 bits per heavy atom. The number of halogens is 2. The van der Waals surface area contributed by atoms with Gasteiger partial charge in [0.25, 0.3) is 0 Å². The molecule has 0 unspecified atom stereocenters. The van der Waals surface area contributed by atoms with Crippen molar-refractivity contribution in [3.05, 3.63) is 39.3 Å². The van der Waals surface area contributed by atoms with E-state index in [2.05, 4.69) is 10.3 Å². The normalized spacial score (nSPS) is 10.3. The van der Waals surface area contributed by atoms with Gasteiger partial charge in [0, 0.05) is 16.8 Å². The molecule has 0 fully saturated rings. The lowest BCUT2D eigenvalue weighted by atomic mass is 10.3. The van der Waals surface area contributed by atoms with Gasteiger partial charge in [-0.15, -0.1) is 11.3 Å². The van der Waals surface area contributed by atoms with E-state index >= 15 is 0 Å². The van der Waals surface area contributed by atoms with E-state index in [1.807, 2.05) is 0 Å². The van der Waals surface area contributed by atoms with Crippen molar-refractivity contribution in [1.29, 1.82) is 0 Å². The molecule has 0 aliphatic rings. The molecule has 0 spiro atoms. The summed E-state index contributed by atoms with van der Waals surface area (Å²) < 4.78 is 5.47. The van der Waals surface area contributed by atoms with Crippen LogP contribution in [0.3, 0.4) is 0 Å². The Hall–Kier alpha value is -1.83. The Morgan fingerprint density at radius 2 is 2.13 bits per heavy atom. The topological polar surface area (TPSA) is 88.5 Å². The third kappa shape index (κ3) is 5.38. The molecule has 0 bridgehead atoms. The van der Waals surface area contributed by atoms with Gasteiger partial charge in [0.2, 0.25) is 5.91 Å². The number of ether oxygens (including phenoxy) is 1. The minimum Gasteiger partial charge on any atom is -0.492 e. The average molecular weight is 375 g/mol. The van der Waals surface area contributed by atoms with Gasteiger partial charge in [-0.1, -0.05) is 23.2 Å². The highest BCUT2D eigenvalue weighted by atomic mass is 35.5. The van der Waals surface area contributed by atoms with Crippen molar-refractivity contribution >= 4 is 51.5 Å². The first-order chi connectivity index (χ1) is 11.0. The highest BCUT2D eigenvalue weighted by Gasteiger charge is 2.11. The number of aromatic carboxylic acids is 1. The van der Waals surface area contributed by atoms with E-state index in [4.69, 9.17) is 33.0 Å². The first-order valence-electron chi connectivity index (χ1n) is 6.52. The number of hydrogen-bond acceptors (Lipinski definition) is 5. The molecule has 0 aliphatic carbocycles. The zero-order valence-electron chi connectivity index (χ0n) is 11.7. The number of carboxylic acid groups (broad SMARTS) is 1. The molecule has 1 aromatic carbocycles. The van der Waals surface area contributed by atoms with Gasteiger partial charge in [0.1, 0.15) is 5.75 Å². The number of carbonyl (C=O) groups is 2. The third-order valence-corrected chi connectivity index (χ3v) is 3.96. The van der Waals surface area contributed by atoms with E-state index in [-0.39, 0.29) is 23.2 Å². The van der Waals surface area contributed by atoms with Gasteiger partial charge in [0.05, 0.1) is 11.6 Å². The van der Waals surface area contributed by atoms with Crippen molar-refractivity contribution in [2.24, 2.45) is 0 Å². The first-order valence-corrected chi connectivity index (χ1v) is 8.16. The lowest BCUT2D eigenvalue weighted by Crippen LogP contribution is -2.13. The van der Waals surface area contributed by atoms with Crippen molar-refractivity contribution in [3.8, 4) is 5.75 Å². The van der Waals surface area contributed by atoms with Gasteiger partial charge >= 0.3 is 5.97 Å². The zero-order valence-corrected chi connectivity index (χ0v) is 14.0. The van der Waals surface area contributed by atoms with E-state index in [1.54, 1.807) is 18.2 Å². The molecule has 1 amide bonds. The molecule has 23 heavy (non-hydrogen) atoms. The van der Waals surface area contributed by atoms with Crippen LogP contribution >= 0.6 is 34.5 Å². The molecule has 0 aliphatic heterocycles. The predicted molar refractivity (Wildman–Crippen MR) is 88.9 cm³/mol. The molecular weight excluding hydrogens is 363 g/mol. The highest BCUT2D eigenvalue weighted by molar-refractivity contribution is 7.14. The first kappa shape index (κ1) is 17.5. The molecule has 2 N–H and O–H groups in total. The fourth-order valence-electron chi connectivity index (χ4n) is 1.62. The van der Waals surface area contributed by atoms with E-state index in [1.165, 1.54) is 5.38 Å². The number of carboxylic acids is 1. The van der Waals surface area contributed by atoms with Crippen LogP contribution in [-0.2, 0) is 4.79 Å². The summed E-state index contributed by atoms with van der Waals surface area (Å²) in [4.78, 5) is 26.2. The van der Waals surface area contributed by atoms with Gasteiger partial charge in [-0.05, 0) is 24.6 Å². The number of carbonyl (C=O) groups excluding carboxylic acids is 1. The second-order valence-electron chi connectivity index (χ2n) is 4.42. The standard InChI is InChI=1S/C14H12Cl2N2O4S/c15-8-3-4-11(9(16)6-8)22-5-1-2-12(19)18-14-17-10(7-23-14)13(20)21/h3-4,6-7H,1-2,5H2,(H,20,21)(H,17,18,19). The second-order valence-corrected chi connectivity index (χ2v) is 6.12. The molecule has 2 rings (SSSR count). The molecule has 6 nitrogen and oxygen atoms in total. The predicted octanol–water partition coefficient (Wildman–Crippen LogP) is 3.95. The summed E-state index contributed by atoms with van der Waals surface area (Å²) in [6, 6.07) is 4.90. The largest absolute Gasteiger partial charge is 0.492 e. The molecule has 0 saturated heterocycles. The number of anilines is 1. The van der Waals surface area contributed by atoms with Gasteiger partial charge in [-0.2, -0.15) is 0 Å². The summed E-state index contributed by atoms with van der Waals surface area (Å²) in [6.07, 6.45) is 0.690. The lowest BCUT2D eigenvalue weighted by Gasteiger charge is -2.08. The van der Waals surface area contributed by atoms with Gasteiger partial charge in [0.15, 0.2) is 10.8 Å². The van der Waals surface area contributed by atoms with Crippen LogP contribution in [-0.4, -0.2) is 28.6 Å². The van der Waals surface area contributed by atoms with Crippen LogP contribution < -0.4 is 10.1 Å². The van der Waals surface area contributed by atoms with Gasteiger partial charge in [-0.3, -0.25) is 4.79 Å². The number of nitrogens with zero attached hydrogens (tertiary/aromatic N) is 1. The summed E-state index contributed by atoms with van der Waals surface area (Å²) in [5.41, 5.74) is -0.0917. The minimum absolute atomic E-state index is 0.0917. The van der Waals surface area contributed by atoms with Crippen LogP contribution in [0.15, 0.2) is 23.6 Å². The summed E-state index contributed by atoms with van der Waals surface area (Å²) in [5, 5.41) is 13.8. The van der Waals surface area contributed by atoms with Crippen LogP contribution in [0, 0.1) is 0 Å². The van der Waals surface area contributed by atoms with Gasteiger partial charge in [-0.25, -0.2) is 9.78 Å². The Kier molecular flexibility index (Phi) is 6.20. The Morgan fingerprint density at radius 3 is 2.78 bits per heavy atom. The monoisotopic (exact) mass is 374 g/mol. The fourth-order valence-corrected chi connectivity index (χ4v) is 2.78. The third-order valence-electron chi connectivity index (χ3n) is 2.67. The number of aromatic nitrogens is 1. The number of thiazole rings is 1. The quantitative estimate of drug-likeness (QED) is 0.716. The molecule has 0 atom stereocenters. The van der Waals surface area contributed by atoms with E-state index < -0.39 is 5.97 Å². The van der Waals surface area contributed by atoms with E-state index in [0.29, 0.717) is 28.8 Å². The van der Waals surface area contributed by atoms with Crippen LogP contribution in [0.1, 0.15) is 23.3 Å². The smallest absolute Gasteiger partial charge is 0.355 e. The van der Waals surface area contributed by atoms with Crippen molar-refractivity contribution in [1.82, 2.24) is 4.98 Å². The van der Waals surface area contributed by atoms with Crippen molar-refractivity contribution in [2.45, 2.75) is 12.8 Å². The molecule has 0 radical (unpaired) electrons. The highest BCUT2D eigenvalue weighted by Crippen LogP contribution is 2.27. The maximum Gasteiger partial charge on any atom is 0.355 e. The van der Waals surface area contributed by atoms with Crippen molar-refractivity contribution in [2.75, 3.05) is 11.9 Å². The van der Waals surface area contributed by atoms with Crippen molar-refractivity contribution < 1.29 is 19.4 Å². The van der Waals surface area contributed by atoms with Crippen LogP contribution in [0.5, 0.6) is 5.75 Å². The molecule has 122 valence electrons. The van der Waals surface area contributed by atoms with E-state index in [9.17, 15) is 9.59 Å². The number of rotatable bonds is 7. The summed E-state index contributed by atoms with van der Waals surface area (Å²) in [5.74, 6) is -0.889. The molecule has 1 aromatic heterocycles. The molecule has 2 aromatic rings. The van der Waals surface area contributed by atoms with Crippen LogP contribution in [0.25, 0.3) is 0 Å². The second kappa shape index (κ2) is 8.14.